The molecule has 0 spiro atoms. The van der Waals surface area contributed by atoms with Gasteiger partial charge in [-0.2, -0.15) is 0 Å². The van der Waals surface area contributed by atoms with Crippen LogP contribution < -0.4 is 5.73 Å². The van der Waals surface area contributed by atoms with Crippen molar-refractivity contribution in [2.24, 2.45) is 16.8 Å². The first-order chi connectivity index (χ1) is 14.1. The molecular weight excluding hydrogens is 360 g/mol. The van der Waals surface area contributed by atoms with Gasteiger partial charge >= 0.3 is 0 Å². The third-order valence-corrected chi connectivity index (χ3v) is 6.76. The topological polar surface area (TPSA) is 67.8 Å². The highest BCUT2D eigenvalue weighted by Crippen LogP contribution is 2.40. The third kappa shape index (κ3) is 4.71. The molecule has 0 aromatic heterocycles. The monoisotopic (exact) mass is 392 g/mol. The Kier molecular flexibility index (Phi) is 6.02. The maximum atomic E-state index is 9.54. The molecule has 3 N–H and O–H groups in total. The number of fused-ring (bicyclic) bond motifs is 1. The molecule has 0 radical (unpaired) electrons. The summed E-state index contributed by atoms with van der Waals surface area (Å²) in [5.74, 6) is 0.923. The van der Waals surface area contributed by atoms with Gasteiger partial charge in [-0.1, -0.05) is 53.7 Å². The zero-order valence-corrected chi connectivity index (χ0v) is 17.3. The predicted octanol–water partition coefficient (Wildman–Crippen LogP) is 4.34. The van der Waals surface area contributed by atoms with Crippen molar-refractivity contribution in [1.29, 1.82) is 0 Å². The second-order valence-electron chi connectivity index (χ2n) is 8.92. The zero-order valence-electron chi connectivity index (χ0n) is 17.3. The Morgan fingerprint density at radius 1 is 1.17 bits per heavy atom. The Bertz CT molecular complexity index is 864. The summed E-state index contributed by atoms with van der Waals surface area (Å²) in [4.78, 5) is 5.60. The molecule has 0 heterocycles. The summed E-state index contributed by atoms with van der Waals surface area (Å²) in [6.07, 6.45) is 6.09. The summed E-state index contributed by atoms with van der Waals surface area (Å²) in [5.41, 5.74) is 12.4. The Labute approximate surface area is 173 Å². The molecule has 0 aliphatic heterocycles. The fraction of sp³-hybridized carbons (Fsp3) is 0.480. The van der Waals surface area contributed by atoms with Gasteiger partial charge in [0.2, 0.25) is 0 Å². The third-order valence-electron chi connectivity index (χ3n) is 6.76. The summed E-state index contributed by atoms with van der Waals surface area (Å²) in [6.45, 7) is 2.69. The van der Waals surface area contributed by atoms with Crippen LogP contribution in [0.3, 0.4) is 0 Å². The number of hydrogen-bond donors (Lipinski definition) is 2. The van der Waals surface area contributed by atoms with Gasteiger partial charge in [-0.15, -0.1) is 0 Å². The number of hydrogen-bond acceptors (Lipinski definition) is 4. The molecule has 1 fully saturated rings. The lowest BCUT2D eigenvalue weighted by Crippen LogP contribution is -2.40. The van der Waals surface area contributed by atoms with E-state index in [4.69, 9.17) is 10.6 Å². The van der Waals surface area contributed by atoms with Crippen LogP contribution in [0, 0.1) is 5.92 Å². The highest BCUT2D eigenvalue weighted by molar-refractivity contribution is 5.84. The van der Waals surface area contributed by atoms with Crippen molar-refractivity contribution in [2.45, 2.75) is 63.5 Å². The van der Waals surface area contributed by atoms with Gasteiger partial charge in [0.15, 0.2) is 0 Å². The highest BCUT2D eigenvalue weighted by Gasteiger charge is 2.36. The first-order valence-corrected chi connectivity index (χ1v) is 10.8. The first kappa shape index (κ1) is 20.1. The minimum Gasteiger partial charge on any atom is -0.394 e. The molecule has 4 rings (SSSR count). The molecule has 2 aliphatic carbocycles. The van der Waals surface area contributed by atoms with Crippen LogP contribution in [0.25, 0.3) is 0 Å². The number of nitrogens with zero attached hydrogens (tertiary/aromatic N) is 1. The van der Waals surface area contributed by atoms with E-state index in [-0.39, 0.29) is 12.1 Å². The summed E-state index contributed by atoms with van der Waals surface area (Å²) in [6, 6.07) is 17.1. The normalized spacial score (nSPS) is 26.9. The van der Waals surface area contributed by atoms with Crippen LogP contribution in [-0.2, 0) is 24.3 Å². The smallest absolute Gasteiger partial charge is 0.142 e. The lowest BCUT2D eigenvalue weighted by molar-refractivity contribution is 0.128. The molecule has 2 aromatic rings. The maximum Gasteiger partial charge on any atom is 0.142 e. The van der Waals surface area contributed by atoms with Gasteiger partial charge in [0.05, 0.1) is 12.3 Å². The van der Waals surface area contributed by atoms with E-state index >= 15 is 0 Å². The number of benzene rings is 2. The lowest BCUT2D eigenvalue weighted by Gasteiger charge is -2.26. The van der Waals surface area contributed by atoms with Gasteiger partial charge < -0.3 is 15.7 Å². The molecule has 0 unspecified atom stereocenters. The van der Waals surface area contributed by atoms with Gasteiger partial charge in [0, 0.05) is 11.5 Å². The van der Waals surface area contributed by atoms with E-state index in [1.165, 1.54) is 16.7 Å². The van der Waals surface area contributed by atoms with Gasteiger partial charge in [-0.05, 0) is 73.6 Å². The van der Waals surface area contributed by atoms with Crippen LogP contribution in [0.5, 0.6) is 0 Å². The molecule has 154 valence electrons. The second-order valence-corrected chi connectivity index (χ2v) is 8.92. The van der Waals surface area contributed by atoms with Gasteiger partial charge in [0.1, 0.15) is 6.61 Å². The maximum absolute atomic E-state index is 9.54. The van der Waals surface area contributed by atoms with Crippen molar-refractivity contribution in [3.8, 4) is 0 Å². The van der Waals surface area contributed by atoms with Crippen LogP contribution in [-0.4, -0.2) is 23.0 Å². The first-order valence-electron chi connectivity index (χ1n) is 10.8. The van der Waals surface area contributed by atoms with E-state index in [2.05, 4.69) is 42.4 Å². The van der Waals surface area contributed by atoms with E-state index in [0.717, 1.165) is 49.8 Å². The molecule has 1 saturated carbocycles. The largest absolute Gasteiger partial charge is 0.394 e. The fourth-order valence-electron chi connectivity index (χ4n) is 4.83. The summed E-state index contributed by atoms with van der Waals surface area (Å²) in [5, 5.41) is 13.9. The molecule has 29 heavy (non-hydrogen) atoms. The summed E-state index contributed by atoms with van der Waals surface area (Å²) < 4.78 is 0. The number of aryl methyl sites for hydroxylation is 1. The van der Waals surface area contributed by atoms with Crippen molar-refractivity contribution in [3.05, 3.63) is 70.8 Å². The van der Waals surface area contributed by atoms with Gasteiger partial charge in [0.25, 0.3) is 0 Å². The molecule has 3 atom stereocenters. The molecule has 2 aliphatic rings. The average molecular weight is 393 g/mol. The number of aliphatic hydroxyl groups is 1. The van der Waals surface area contributed by atoms with Crippen LogP contribution in [0.4, 0.5) is 0 Å². The minimum atomic E-state index is -0.390. The van der Waals surface area contributed by atoms with Crippen LogP contribution in [0.15, 0.2) is 53.7 Å². The summed E-state index contributed by atoms with van der Waals surface area (Å²) in [7, 11) is 0. The molecule has 2 aromatic carbocycles. The molecule has 4 heteroatoms. The fourth-order valence-corrected chi connectivity index (χ4v) is 4.83. The summed E-state index contributed by atoms with van der Waals surface area (Å²) >= 11 is 0. The molecular formula is C25H32N2O2. The van der Waals surface area contributed by atoms with Crippen LogP contribution in [0.1, 0.15) is 60.8 Å². The SMILES string of the molecule is C/C(=N\OCc1ccccc1)[C@@H]1CCc2cc([C@H]3CC[C@](N)(CO)C3)ccc2C1. The van der Waals surface area contributed by atoms with Gasteiger partial charge in [-0.3, -0.25) is 0 Å². The quantitative estimate of drug-likeness (QED) is 0.567. The standard InChI is InChI=1S/C25H32N2O2/c1-18(27-29-16-19-5-3-2-4-6-19)20-7-8-22-14-23(10-9-21(22)13-20)24-11-12-25(26,15-24)17-28/h2-6,9-10,14,20,24,28H,7-8,11-13,15-17,26H2,1H3/b27-18+/t20-,24+,25-/m1/s1. The number of rotatable bonds is 6. The Hall–Kier alpha value is -2.17. The van der Waals surface area contributed by atoms with E-state index < -0.39 is 0 Å². The van der Waals surface area contributed by atoms with E-state index in [1.807, 2.05) is 18.2 Å². The van der Waals surface area contributed by atoms with E-state index in [9.17, 15) is 5.11 Å². The lowest BCUT2D eigenvalue weighted by atomic mass is 9.80. The average Bonchev–Trinajstić information content (AvgIpc) is 3.16. The van der Waals surface area contributed by atoms with Crippen molar-refractivity contribution >= 4 is 5.71 Å². The number of aliphatic hydroxyl groups excluding tert-OH is 1. The molecule has 4 nitrogen and oxygen atoms in total. The van der Waals surface area contributed by atoms with Crippen LogP contribution in [0.2, 0.25) is 0 Å². The minimum absolute atomic E-state index is 0.0844. The second kappa shape index (κ2) is 8.68. The molecule has 0 bridgehead atoms. The molecule has 0 saturated heterocycles. The number of nitrogens with two attached hydrogens (primary N) is 1. The Morgan fingerprint density at radius 2 is 2.00 bits per heavy atom. The number of oxime groups is 1. The molecule has 0 amide bonds. The van der Waals surface area contributed by atoms with E-state index in [0.29, 0.717) is 18.4 Å². The van der Waals surface area contributed by atoms with Crippen molar-refractivity contribution < 1.29 is 9.94 Å². The Balaban J connectivity index is 1.37. The van der Waals surface area contributed by atoms with Crippen molar-refractivity contribution in [1.82, 2.24) is 0 Å². The van der Waals surface area contributed by atoms with Gasteiger partial charge in [-0.25, -0.2) is 0 Å². The zero-order chi connectivity index (χ0) is 20.3. The highest BCUT2D eigenvalue weighted by atomic mass is 16.6. The van der Waals surface area contributed by atoms with Crippen LogP contribution >= 0.6 is 0 Å². The Morgan fingerprint density at radius 3 is 2.76 bits per heavy atom. The van der Waals surface area contributed by atoms with E-state index in [1.54, 1.807) is 0 Å². The van der Waals surface area contributed by atoms with Crippen molar-refractivity contribution in [2.75, 3.05) is 6.61 Å². The van der Waals surface area contributed by atoms with Crippen molar-refractivity contribution in [3.63, 3.8) is 0 Å². The predicted molar refractivity (Wildman–Crippen MR) is 117 cm³/mol.